The van der Waals surface area contributed by atoms with E-state index < -0.39 is 54.1 Å². The number of carboxylic acids is 1. The lowest BCUT2D eigenvalue weighted by Crippen LogP contribution is -2.54. The topological polar surface area (TPSA) is 215 Å². The number of Topliss-reactive ketones (excluding diaryl/α,β-unsaturated/α-hetero) is 2. The first-order chi connectivity index (χ1) is 30.6. The second-order valence-corrected chi connectivity index (χ2v) is 17.7. The Morgan fingerprint density at radius 1 is 0.662 bits per heavy atom. The van der Waals surface area contributed by atoms with Crippen molar-refractivity contribution in [1.82, 2.24) is 20.4 Å². The zero-order valence-electron chi connectivity index (χ0n) is 38.4. The summed E-state index contributed by atoms with van der Waals surface area (Å²) >= 11 is 18.1. The van der Waals surface area contributed by atoms with Gasteiger partial charge < -0.3 is 30.0 Å². The van der Waals surface area contributed by atoms with Gasteiger partial charge in [0.1, 0.15) is 23.2 Å². The number of hydrogen-bond acceptors (Lipinski definition) is 11. The number of likely N-dealkylation sites (N-methyl/N-ethyl adjacent to an activating group) is 2. The molecular weight excluding hydrogens is 907 g/mol. The molecule has 0 heterocycles. The molecule has 0 radical (unpaired) electrons. The van der Waals surface area contributed by atoms with Gasteiger partial charge in [-0.3, -0.25) is 29.0 Å². The number of alkyl halides is 1. The maximum atomic E-state index is 13.1. The number of rotatable bonds is 15. The highest BCUT2D eigenvalue weighted by molar-refractivity contribution is 6.32. The number of carbonyl (C=O) groups is 8. The Morgan fingerprint density at radius 3 is 1.43 bits per heavy atom. The molecule has 0 unspecified atom stereocenters. The number of carbonyl (C=O) groups excluding carboxylic acids is 7. The highest BCUT2D eigenvalue weighted by atomic mass is 35.5. The predicted molar refractivity (Wildman–Crippen MR) is 245 cm³/mol. The van der Waals surface area contributed by atoms with Crippen molar-refractivity contribution in [1.29, 1.82) is 0 Å². The molecule has 2 aromatic carbocycles. The molecule has 360 valence electrons. The normalized spacial score (nSPS) is 18.9. The number of halogens is 3. The zero-order chi connectivity index (χ0) is 49.1. The summed E-state index contributed by atoms with van der Waals surface area (Å²) in [6, 6.07) is 12.2. The molecule has 65 heavy (non-hydrogen) atoms. The van der Waals surface area contributed by atoms with Crippen LogP contribution in [-0.4, -0.2) is 101 Å². The number of esters is 1. The SMILES string of the molecule is CC(=O)N[C@@H](CC(C)C)C(=O)O.CC(=O)N[C@@H](CC(C)C)C(=O)OCOC(=O)N(C)[C@]1(c2ccccc2Cl)CCCCC1=O.CN(C(=O)OCCl)[C@]1(c2ccccc2Cl)CCCCC1=O. The summed E-state index contributed by atoms with van der Waals surface area (Å²) in [6.45, 7) is 9.64. The molecule has 19 heteroatoms. The van der Waals surface area contributed by atoms with E-state index in [2.05, 4.69) is 10.6 Å². The lowest BCUT2D eigenvalue weighted by molar-refractivity contribution is -0.157. The summed E-state index contributed by atoms with van der Waals surface area (Å²) in [5, 5.41) is 14.4. The average molecular weight is 970 g/mol. The molecule has 2 fully saturated rings. The van der Waals surface area contributed by atoms with Crippen LogP contribution >= 0.6 is 34.8 Å². The van der Waals surface area contributed by atoms with Crippen LogP contribution in [0.3, 0.4) is 0 Å². The fraction of sp³-hybridized carbons (Fsp3) is 0.565. The molecule has 16 nitrogen and oxygen atoms in total. The van der Waals surface area contributed by atoms with Gasteiger partial charge in [0.05, 0.1) is 0 Å². The maximum Gasteiger partial charge on any atom is 0.413 e. The highest BCUT2D eigenvalue weighted by Crippen LogP contribution is 2.44. The number of carboxylic acid groups (broad SMARTS) is 1. The van der Waals surface area contributed by atoms with Crippen molar-refractivity contribution in [3.05, 3.63) is 69.7 Å². The number of benzene rings is 2. The van der Waals surface area contributed by atoms with Gasteiger partial charge >= 0.3 is 24.1 Å². The number of amides is 4. The van der Waals surface area contributed by atoms with Crippen molar-refractivity contribution in [3.63, 3.8) is 0 Å². The fourth-order valence-corrected chi connectivity index (χ4v) is 8.60. The number of aliphatic carboxylic acids is 1. The summed E-state index contributed by atoms with van der Waals surface area (Å²) in [7, 11) is 3.04. The van der Waals surface area contributed by atoms with Crippen LogP contribution in [0.15, 0.2) is 48.5 Å². The highest BCUT2D eigenvalue weighted by Gasteiger charge is 2.50. The first-order valence-corrected chi connectivity index (χ1v) is 22.7. The molecule has 2 aromatic rings. The summed E-state index contributed by atoms with van der Waals surface area (Å²) in [4.78, 5) is 98.1. The molecule has 0 spiro atoms. The Bertz CT molecular complexity index is 1980. The third-order valence-corrected chi connectivity index (χ3v) is 11.7. The van der Waals surface area contributed by atoms with Gasteiger partial charge in [-0.2, -0.15) is 0 Å². The van der Waals surface area contributed by atoms with Gasteiger partial charge in [-0.05, 0) is 75.3 Å². The lowest BCUT2D eigenvalue weighted by Gasteiger charge is -2.43. The van der Waals surface area contributed by atoms with Crippen molar-refractivity contribution in [3.8, 4) is 0 Å². The first kappa shape index (κ1) is 56.2. The quantitative estimate of drug-likeness (QED) is 0.0872. The average Bonchev–Trinajstić information content (AvgIpc) is 3.23. The Kier molecular flexibility index (Phi) is 23.2. The molecule has 4 amide bonds. The van der Waals surface area contributed by atoms with E-state index in [4.69, 9.17) is 54.1 Å². The van der Waals surface area contributed by atoms with Crippen LogP contribution in [0.25, 0.3) is 0 Å². The van der Waals surface area contributed by atoms with Gasteiger partial charge in [0.2, 0.25) is 18.6 Å². The number of ketones is 2. The van der Waals surface area contributed by atoms with Crippen molar-refractivity contribution in [2.45, 2.75) is 129 Å². The number of nitrogens with one attached hydrogen (secondary N) is 2. The van der Waals surface area contributed by atoms with Gasteiger partial charge in [0.15, 0.2) is 17.6 Å². The third-order valence-electron chi connectivity index (χ3n) is 11.0. The largest absolute Gasteiger partial charge is 0.480 e. The molecule has 4 atom stereocenters. The second-order valence-electron chi connectivity index (χ2n) is 16.7. The van der Waals surface area contributed by atoms with Gasteiger partial charge in [0, 0.05) is 62.0 Å². The minimum absolute atomic E-state index is 0.0177. The molecule has 3 N–H and O–H groups in total. The number of nitrogens with zero attached hydrogens (tertiary/aromatic N) is 2. The van der Waals surface area contributed by atoms with Crippen LogP contribution in [0.1, 0.15) is 117 Å². The smallest absolute Gasteiger partial charge is 0.413 e. The van der Waals surface area contributed by atoms with Crippen molar-refractivity contribution in [2.75, 3.05) is 27.0 Å². The van der Waals surface area contributed by atoms with Crippen LogP contribution in [0, 0.1) is 11.8 Å². The minimum Gasteiger partial charge on any atom is -0.480 e. The molecule has 0 aliphatic heterocycles. The van der Waals surface area contributed by atoms with Crippen LogP contribution in [0.2, 0.25) is 10.0 Å². The van der Waals surface area contributed by atoms with Crippen LogP contribution < -0.4 is 10.6 Å². The summed E-state index contributed by atoms with van der Waals surface area (Å²) in [6.07, 6.45) is 4.26. The Balaban J connectivity index is 0.000000376. The predicted octanol–water partition coefficient (Wildman–Crippen LogP) is 8.36. The third kappa shape index (κ3) is 15.9. The summed E-state index contributed by atoms with van der Waals surface area (Å²) in [5.41, 5.74) is -1.12. The summed E-state index contributed by atoms with van der Waals surface area (Å²) in [5.74, 6) is -2.06. The van der Waals surface area contributed by atoms with E-state index in [0.29, 0.717) is 59.7 Å². The molecule has 2 aliphatic carbocycles. The van der Waals surface area contributed by atoms with E-state index in [1.807, 2.05) is 33.8 Å². The monoisotopic (exact) mass is 968 g/mol. The number of ether oxygens (including phenoxy) is 3. The van der Waals surface area contributed by atoms with E-state index in [0.717, 1.165) is 25.7 Å². The van der Waals surface area contributed by atoms with E-state index in [1.165, 1.54) is 30.7 Å². The Labute approximate surface area is 396 Å². The van der Waals surface area contributed by atoms with Gasteiger partial charge in [-0.1, -0.05) is 98.9 Å². The molecule has 0 aromatic heterocycles. The molecular formula is C46H63Cl3N4O12. The van der Waals surface area contributed by atoms with Gasteiger partial charge in [-0.25, -0.2) is 19.2 Å². The van der Waals surface area contributed by atoms with Crippen LogP contribution in [-0.2, 0) is 54.1 Å². The Morgan fingerprint density at radius 2 is 1.06 bits per heavy atom. The molecule has 4 rings (SSSR count). The first-order valence-electron chi connectivity index (χ1n) is 21.4. The van der Waals surface area contributed by atoms with E-state index in [-0.39, 0.29) is 41.3 Å². The molecule has 0 bridgehead atoms. The summed E-state index contributed by atoms with van der Waals surface area (Å²) < 4.78 is 15.1. The molecule has 0 saturated heterocycles. The van der Waals surface area contributed by atoms with Crippen LogP contribution in [0.5, 0.6) is 0 Å². The molecule has 2 saturated carbocycles. The standard InChI is InChI=1S/C23H31ClN2O6.C15H17Cl2NO3.C8H15NO3/c1-15(2)13-19(25-16(3)27)21(29)31-14-32-22(30)26(4)23(12-8-7-11-20(23)28)17-9-5-6-10-18(17)24;1-18(14(20)21-10-16)15(9-5-4-8-13(15)19)11-6-2-3-7-12(11)17;1-5(2)4-7(8(11)12)9-6(3)10/h5-6,9-10,15,19H,7-8,11-14H2,1-4H3,(H,25,27);2-3,6-7H,4-5,8-10H2,1H3;5,7H,4H2,1-3H3,(H,9,10)(H,11,12)/t19-,23-;15-;7-/m000/s1. The van der Waals surface area contributed by atoms with E-state index in [1.54, 1.807) is 49.5 Å². The minimum atomic E-state index is -1.24. The zero-order valence-corrected chi connectivity index (χ0v) is 40.6. The molecule has 2 aliphatic rings. The fourth-order valence-electron chi connectivity index (χ4n) is 7.92. The Hall–Kier alpha value is -4.93. The maximum absolute atomic E-state index is 13.1. The van der Waals surface area contributed by atoms with Crippen LogP contribution in [0.4, 0.5) is 9.59 Å². The lowest BCUT2D eigenvalue weighted by atomic mass is 9.74. The number of hydrogen-bond donors (Lipinski definition) is 3. The van der Waals surface area contributed by atoms with E-state index in [9.17, 15) is 38.4 Å². The van der Waals surface area contributed by atoms with Crippen molar-refractivity contribution in [2.24, 2.45) is 11.8 Å². The second kappa shape index (κ2) is 26.9. The van der Waals surface area contributed by atoms with Crippen molar-refractivity contribution >= 4 is 82.3 Å². The van der Waals surface area contributed by atoms with Crippen molar-refractivity contribution < 1.29 is 57.7 Å². The van der Waals surface area contributed by atoms with Gasteiger partial charge in [0.25, 0.3) is 0 Å². The van der Waals surface area contributed by atoms with E-state index >= 15 is 0 Å². The van der Waals surface area contributed by atoms with Gasteiger partial charge in [-0.15, -0.1) is 0 Å².